The van der Waals surface area contributed by atoms with Gasteiger partial charge in [-0.1, -0.05) is 6.92 Å². The van der Waals surface area contributed by atoms with Gasteiger partial charge in [0.05, 0.1) is 30.4 Å². The average molecular weight is 579 g/mol. The van der Waals surface area contributed by atoms with Crippen LogP contribution in [0.3, 0.4) is 0 Å². The van der Waals surface area contributed by atoms with Crippen LogP contribution in [0.25, 0.3) is 0 Å². The number of unbranched alkanes of at least 4 members (excludes halogenated alkanes) is 1. The molecule has 6 unspecified atom stereocenters. The van der Waals surface area contributed by atoms with Crippen LogP contribution in [0.1, 0.15) is 58.8 Å². The number of rotatable bonds is 12. The van der Waals surface area contributed by atoms with Crippen molar-refractivity contribution in [2.24, 2.45) is 23.1 Å². The molecule has 2 heterocycles. The molecule has 1 aliphatic carbocycles. The molecule has 1 saturated carbocycles. The number of ether oxygens (including phenoxy) is 4. The maximum Gasteiger partial charge on any atom is 0.249 e. The molecule has 0 spiro atoms. The van der Waals surface area contributed by atoms with Crippen molar-refractivity contribution in [3.63, 3.8) is 0 Å². The lowest BCUT2D eigenvalue weighted by atomic mass is 9.82. The lowest BCUT2D eigenvalue weighted by Crippen LogP contribution is -2.68. The molecule has 0 aromatic carbocycles. The number of carbonyl (C=O) groups is 1. The van der Waals surface area contributed by atoms with Crippen molar-refractivity contribution in [1.82, 2.24) is 5.32 Å². The van der Waals surface area contributed by atoms with E-state index in [1.165, 1.54) is 0 Å². The Balaban J connectivity index is 1.76. The van der Waals surface area contributed by atoms with Crippen LogP contribution < -0.4 is 22.5 Å². The number of nitrogens with one attached hydrogen (secondary N) is 1. The largest absolute Gasteiger partial charge is 0.396 e. The molecule has 3 aliphatic rings. The fraction of sp³-hybridized carbons (Fsp3) is 0.962. The Morgan fingerprint density at radius 3 is 2.48 bits per heavy atom. The van der Waals surface area contributed by atoms with Gasteiger partial charge in [-0.25, -0.2) is 0 Å². The van der Waals surface area contributed by atoms with E-state index in [1.807, 2.05) is 0 Å². The minimum Gasteiger partial charge on any atom is -0.396 e. The molecule has 1 amide bonds. The van der Waals surface area contributed by atoms with Crippen molar-refractivity contribution < 1.29 is 49.3 Å². The van der Waals surface area contributed by atoms with Gasteiger partial charge in [0.25, 0.3) is 0 Å². The third-order valence-electron chi connectivity index (χ3n) is 8.42. The summed E-state index contributed by atoms with van der Waals surface area (Å²) in [5.74, 6) is -1.32. The van der Waals surface area contributed by atoms with Crippen LogP contribution in [-0.2, 0) is 23.7 Å². The summed E-state index contributed by atoms with van der Waals surface area (Å²) in [6.07, 6.45) is -4.62. The van der Waals surface area contributed by atoms with E-state index in [2.05, 4.69) is 5.32 Å². The van der Waals surface area contributed by atoms with Crippen LogP contribution in [0.15, 0.2) is 0 Å². The number of hydrogen-bond donors (Lipinski definition) is 9. The van der Waals surface area contributed by atoms with E-state index < -0.39 is 78.7 Å². The molecule has 3 fully saturated rings. The minimum absolute atomic E-state index is 0.0395. The van der Waals surface area contributed by atoms with E-state index >= 15 is 0 Å². The molecule has 12 N–H and O–H groups in total. The summed E-state index contributed by atoms with van der Waals surface area (Å²) in [6, 6.07) is -2.09. The van der Waals surface area contributed by atoms with Gasteiger partial charge in [0, 0.05) is 18.6 Å². The standard InChI is InChI=1S/C26H50N4O10/c1-13-19(33)25(37-12-26(13,2)36)40-22-17(30-23(35)18(32)8-9-27)11-16(29)21(20(22)34)39-24-15(28)7-6-14(38-24)5-3-4-10-31/h13-22,24-25,31-34,36H,3-12,27-29H2,1-2H3,(H,30,35)/t13-,14-,15?,16+,17-,18+,19?,20?,21?,22?,24-,25-,26?/m1/s1. The molecular weight excluding hydrogens is 528 g/mol. The topological polar surface area (TPSA) is 245 Å². The van der Waals surface area contributed by atoms with Gasteiger partial charge in [-0.3, -0.25) is 4.79 Å². The van der Waals surface area contributed by atoms with E-state index in [0.717, 1.165) is 19.3 Å². The number of carbonyl (C=O) groups excluding carboxylic acids is 1. The van der Waals surface area contributed by atoms with Gasteiger partial charge < -0.3 is 67.0 Å². The van der Waals surface area contributed by atoms with Crippen LogP contribution in [0.5, 0.6) is 0 Å². The molecule has 40 heavy (non-hydrogen) atoms. The summed E-state index contributed by atoms with van der Waals surface area (Å²) < 4.78 is 23.9. The molecule has 0 bridgehead atoms. The Bertz CT molecular complexity index is 795. The Labute approximate surface area is 235 Å². The SMILES string of the molecule is C[C@@H]1C(O)[C@@H](OC2C(O)C(O[C@H]3O[C@H](CCCCO)CCC3N)[C@@H](N)C[C@H]2NC(=O)[C@@H](O)CCN)OCC1(C)O. The highest BCUT2D eigenvalue weighted by atomic mass is 16.7. The normalized spacial score (nSPS) is 43.3. The average Bonchev–Trinajstić information content (AvgIpc) is 2.90. The highest BCUT2D eigenvalue weighted by molar-refractivity contribution is 5.80. The van der Waals surface area contributed by atoms with Crippen LogP contribution in [0.2, 0.25) is 0 Å². The van der Waals surface area contributed by atoms with Gasteiger partial charge >= 0.3 is 0 Å². The quantitative estimate of drug-likeness (QED) is 0.106. The van der Waals surface area contributed by atoms with Crippen molar-refractivity contribution >= 4 is 5.91 Å². The first-order valence-corrected chi connectivity index (χ1v) is 14.4. The molecule has 234 valence electrons. The Morgan fingerprint density at radius 2 is 1.80 bits per heavy atom. The molecule has 0 radical (unpaired) electrons. The van der Waals surface area contributed by atoms with Crippen molar-refractivity contribution in [2.75, 3.05) is 19.8 Å². The first-order chi connectivity index (χ1) is 18.9. The summed E-state index contributed by atoms with van der Waals surface area (Å²) in [5.41, 5.74) is 16.9. The third-order valence-corrected chi connectivity index (χ3v) is 8.42. The Morgan fingerprint density at radius 1 is 1.10 bits per heavy atom. The zero-order chi connectivity index (χ0) is 29.6. The predicted octanol–water partition coefficient (Wildman–Crippen LogP) is -2.86. The van der Waals surface area contributed by atoms with Gasteiger partial charge in [0.15, 0.2) is 12.6 Å². The third kappa shape index (κ3) is 8.30. The van der Waals surface area contributed by atoms with Crippen LogP contribution in [-0.4, -0.2) is 124 Å². The van der Waals surface area contributed by atoms with Crippen molar-refractivity contribution in [3.8, 4) is 0 Å². The molecule has 14 nitrogen and oxygen atoms in total. The van der Waals surface area contributed by atoms with Gasteiger partial charge in [0.2, 0.25) is 5.91 Å². The number of nitrogens with two attached hydrogens (primary N) is 3. The smallest absolute Gasteiger partial charge is 0.249 e. The fourth-order valence-electron chi connectivity index (χ4n) is 5.52. The van der Waals surface area contributed by atoms with Crippen molar-refractivity contribution in [2.45, 2.75) is 132 Å². The van der Waals surface area contributed by atoms with Crippen molar-refractivity contribution in [3.05, 3.63) is 0 Å². The number of amides is 1. The monoisotopic (exact) mass is 578 g/mol. The summed E-state index contributed by atoms with van der Waals surface area (Å²) >= 11 is 0. The second-order valence-corrected chi connectivity index (χ2v) is 11.7. The summed E-state index contributed by atoms with van der Waals surface area (Å²) in [4.78, 5) is 12.6. The molecule has 3 rings (SSSR count). The zero-order valence-corrected chi connectivity index (χ0v) is 23.5. The molecule has 0 aromatic rings. The molecule has 2 saturated heterocycles. The predicted molar refractivity (Wildman–Crippen MR) is 142 cm³/mol. The summed E-state index contributed by atoms with van der Waals surface area (Å²) in [7, 11) is 0. The maximum absolute atomic E-state index is 12.6. The van der Waals surface area contributed by atoms with E-state index in [0.29, 0.717) is 12.8 Å². The van der Waals surface area contributed by atoms with E-state index in [9.17, 15) is 25.2 Å². The van der Waals surface area contributed by atoms with Crippen LogP contribution >= 0.6 is 0 Å². The van der Waals surface area contributed by atoms with E-state index in [-0.39, 0.29) is 38.7 Å². The highest BCUT2D eigenvalue weighted by Gasteiger charge is 2.51. The van der Waals surface area contributed by atoms with Crippen molar-refractivity contribution in [1.29, 1.82) is 0 Å². The van der Waals surface area contributed by atoms with E-state index in [4.69, 9.17) is 41.3 Å². The lowest BCUT2D eigenvalue weighted by Gasteiger charge is -2.48. The second kappa shape index (κ2) is 14.9. The van der Waals surface area contributed by atoms with E-state index in [1.54, 1.807) is 13.8 Å². The Kier molecular flexibility index (Phi) is 12.5. The lowest BCUT2D eigenvalue weighted by molar-refractivity contribution is -0.314. The first-order valence-electron chi connectivity index (χ1n) is 14.4. The van der Waals surface area contributed by atoms with Gasteiger partial charge in [-0.2, -0.15) is 0 Å². The number of aliphatic hydroxyl groups excluding tert-OH is 4. The molecule has 0 aromatic heterocycles. The zero-order valence-electron chi connectivity index (χ0n) is 23.5. The highest BCUT2D eigenvalue weighted by Crippen LogP contribution is 2.34. The number of aliphatic hydroxyl groups is 5. The van der Waals surface area contributed by atoms with Crippen LogP contribution in [0.4, 0.5) is 0 Å². The van der Waals surface area contributed by atoms with Crippen LogP contribution in [0, 0.1) is 5.92 Å². The number of hydrogen-bond acceptors (Lipinski definition) is 13. The molecular formula is C26H50N4O10. The first kappa shape index (κ1) is 33.5. The molecule has 2 aliphatic heterocycles. The maximum atomic E-state index is 12.6. The summed E-state index contributed by atoms with van der Waals surface area (Å²) in [6.45, 7) is 3.28. The Hall–Kier alpha value is -1.01. The summed E-state index contributed by atoms with van der Waals surface area (Å²) in [5, 5.41) is 54.7. The van der Waals surface area contributed by atoms with Gasteiger partial charge in [0.1, 0.15) is 30.5 Å². The molecule has 13 atom stereocenters. The second-order valence-electron chi connectivity index (χ2n) is 11.7. The van der Waals surface area contributed by atoms with Gasteiger partial charge in [-0.15, -0.1) is 0 Å². The fourth-order valence-corrected chi connectivity index (χ4v) is 5.52. The molecule has 14 heteroatoms. The van der Waals surface area contributed by atoms with Gasteiger partial charge in [-0.05, 0) is 58.4 Å². The minimum atomic E-state index is -1.40.